The molecule has 0 unspecified atom stereocenters. The SMILES string of the molecule is COc1ccccc1[C@@H]1SCCN1S(=O)(=O)c1ccc(F)cc1. The maximum absolute atomic E-state index is 13.1. The van der Waals surface area contributed by atoms with Crippen LogP contribution < -0.4 is 4.74 Å². The van der Waals surface area contributed by atoms with Gasteiger partial charge in [-0.25, -0.2) is 12.8 Å². The van der Waals surface area contributed by atoms with Crippen LogP contribution >= 0.6 is 11.8 Å². The van der Waals surface area contributed by atoms with E-state index in [1.54, 1.807) is 18.9 Å². The maximum atomic E-state index is 13.1. The Morgan fingerprint density at radius 1 is 1.17 bits per heavy atom. The van der Waals surface area contributed by atoms with Crippen LogP contribution in [0.4, 0.5) is 4.39 Å². The van der Waals surface area contributed by atoms with Crippen LogP contribution in [0.25, 0.3) is 0 Å². The van der Waals surface area contributed by atoms with Crippen molar-refractivity contribution in [3.8, 4) is 5.75 Å². The molecule has 4 nitrogen and oxygen atoms in total. The lowest BCUT2D eigenvalue weighted by atomic mass is 10.2. The van der Waals surface area contributed by atoms with Crippen molar-refractivity contribution >= 4 is 21.8 Å². The molecule has 1 aliphatic heterocycles. The van der Waals surface area contributed by atoms with Gasteiger partial charge in [0.25, 0.3) is 0 Å². The second-order valence-corrected chi connectivity index (χ2v) is 8.11. The number of hydrogen-bond acceptors (Lipinski definition) is 4. The van der Waals surface area contributed by atoms with E-state index in [1.165, 1.54) is 16.4 Å². The van der Waals surface area contributed by atoms with Gasteiger partial charge in [0.1, 0.15) is 11.6 Å². The second-order valence-electron chi connectivity index (χ2n) is 5.03. The molecule has 2 aromatic rings. The number of ether oxygens (including phenoxy) is 1. The molecule has 1 aliphatic rings. The molecule has 122 valence electrons. The third kappa shape index (κ3) is 3.08. The second kappa shape index (κ2) is 6.51. The van der Waals surface area contributed by atoms with E-state index in [0.29, 0.717) is 18.0 Å². The summed E-state index contributed by atoms with van der Waals surface area (Å²) in [7, 11) is -2.12. The molecule has 1 atom stereocenters. The van der Waals surface area contributed by atoms with Gasteiger partial charge in [-0.1, -0.05) is 18.2 Å². The van der Waals surface area contributed by atoms with Gasteiger partial charge < -0.3 is 4.74 Å². The number of rotatable bonds is 4. The summed E-state index contributed by atoms with van der Waals surface area (Å²) in [6.07, 6.45) is 0. The molecule has 2 aromatic carbocycles. The summed E-state index contributed by atoms with van der Waals surface area (Å²) in [5.41, 5.74) is 0.822. The smallest absolute Gasteiger partial charge is 0.244 e. The monoisotopic (exact) mass is 353 g/mol. The summed E-state index contributed by atoms with van der Waals surface area (Å²) in [6, 6.07) is 12.3. The lowest BCUT2D eigenvalue weighted by Gasteiger charge is -2.24. The Kier molecular flexibility index (Phi) is 4.61. The van der Waals surface area contributed by atoms with Gasteiger partial charge in [0.15, 0.2) is 0 Å². The van der Waals surface area contributed by atoms with Gasteiger partial charge in [0, 0.05) is 17.9 Å². The first-order valence-electron chi connectivity index (χ1n) is 7.06. The van der Waals surface area contributed by atoms with Crippen molar-refractivity contribution in [2.45, 2.75) is 10.3 Å². The Morgan fingerprint density at radius 3 is 2.57 bits per heavy atom. The molecule has 1 saturated heterocycles. The quantitative estimate of drug-likeness (QED) is 0.846. The normalized spacial score (nSPS) is 19.0. The summed E-state index contributed by atoms with van der Waals surface area (Å²) in [4.78, 5) is 0.0984. The summed E-state index contributed by atoms with van der Waals surface area (Å²) in [5.74, 6) is 0.899. The van der Waals surface area contributed by atoms with Gasteiger partial charge in [0.05, 0.1) is 17.4 Å². The average Bonchev–Trinajstić information content (AvgIpc) is 3.05. The molecule has 0 saturated carbocycles. The van der Waals surface area contributed by atoms with Crippen molar-refractivity contribution in [2.75, 3.05) is 19.4 Å². The summed E-state index contributed by atoms with van der Waals surface area (Å²) in [5, 5.41) is -0.346. The van der Waals surface area contributed by atoms with Crippen LogP contribution in [0, 0.1) is 5.82 Å². The van der Waals surface area contributed by atoms with Crippen molar-refractivity contribution in [2.24, 2.45) is 0 Å². The van der Waals surface area contributed by atoms with Crippen molar-refractivity contribution < 1.29 is 17.5 Å². The van der Waals surface area contributed by atoms with Crippen molar-refractivity contribution in [1.29, 1.82) is 0 Å². The van der Waals surface area contributed by atoms with Gasteiger partial charge in [-0.2, -0.15) is 4.31 Å². The summed E-state index contributed by atoms with van der Waals surface area (Å²) < 4.78 is 45.6. The van der Waals surface area contributed by atoms with E-state index in [0.717, 1.165) is 17.7 Å². The number of methoxy groups -OCH3 is 1. The lowest BCUT2D eigenvalue weighted by Crippen LogP contribution is -2.30. The Hall–Kier alpha value is -1.57. The number of nitrogens with zero attached hydrogens (tertiary/aromatic N) is 1. The number of hydrogen-bond donors (Lipinski definition) is 0. The van der Waals surface area contributed by atoms with E-state index in [4.69, 9.17) is 4.74 Å². The Morgan fingerprint density at radius 2 is 1.87 bits per heavy atom. The number of para-hydroxylation sites is 1. The average molecular weight is 353 g/mol. The van der Waals surface area contributed by atoms with Crippen molar-refractivity contribution in [1.82, 2.24) is 4.31 Å². The number of thioether (sulfide) groups is 1. The van der Waals surface area contributed by atoms with E-state index in [-0.39, 0.29) is 10.3 Å². The molecule has 7 heteroatoms. The van der Waals surface area contributed by atoms with Crippen LogP contribution in [0.1, 0.15) is 10.9 Å². The van der Waals surface area contributed by atoms with E-state index < -0.39 is 15.8 Å². The third-order valence-corrected chi connectivity index (χ3v) is 6.93. The maximum Gasteiger partial charge on any atom is 0.244 e. The minimum absolute atomic E-state index is 0.0984. The highest BCUT2D eigenvalue weighted by Crippen LogP contribution is 2.44. The summed E-state index contributed by atoms with van der Waals surface area (Å²) >= 11 is 1.55. The summed E-state index contributed by atoms with van der Waals surface area (Å²) in [6.45, 7) is 0.410. The third-order valence-electron chi connectivity index (χ3n) is 3.67. The molecule has 3 rings (SSSR count). The fourth-order valence-corrected chi connectivity index (χ4v) is 5.82. The van der Waals surface area contributed by atoms with E-state index in [2.05, 4.69) is 0 Å². The zero-order chi connectivity index (χ0) is 16.4. The predicted octanol–water partition coefficient (Wildman–Crippen LogP) is 3.27. The van der Waals surface area contributed by atoms with E-state index in [9.17, 15) is 12.8 Å². The molecule has 0 radical (unpaired) electrons. The first kappa shape index (κ1) is 16.3. The molecule has 23 heavy (non-hydrogen) atoms. The standard InChI is InChI=1S/C16H16FNO3S2/c1-21-15-5-3-2-4-14(15)16-18(10-11-22-16)23(19,20)13-8-6-12(17)7-9-13/h2-9,16H,10-11H2,1H3/t16-/m0/s1. The van der Waals surface area contributed by atoms with Crippen LogP contribution in [-0.4, -0.2) is 32.1 Å². The zero-order valence-corrected chi connectivity index (χ0v) is 14.1. The fraction of sp³-hybridized carbons (Fsp3) is 0.250. The first-order valence-corrected chi connectivity index (χ1v) is 9.55. The van der Waals surface area contributed by atoms with Crippen LogP contribution in [0.2, 0.25) is 0 Å². The first-order chi connectivity index (χ1) is 11.0. The van der Waals surface area contributed by atoms with Crippen LogP contribution in [-0.2, 0) is 10.0 Å². The predicted molar refractivity (Wildman–Crippen MR) is 88.5 cm³/mol. The molecule has 1 fully saturated rings. The van der Waals surface area contributed by atoms with Crippen molar-refractivity contribution in [3.63, 3.8) is 0 Å². The van der Waals surface area contributed by atoms with E-state index >= 15 is 0 Å². The molecule has 0 amide bonds. The lowest BCUT2D eigenvalue weighted by molar-refractivity contribution is 0.390. The van der Waals surface area contributed by atoms with Gasteiger partial charge in [-0.15, -0.1) is 11.8 Å². The number of sulfonamides is 1. The van der Waals surface area contributed by atoms with Gasteiger partial charge in [0.2, 0.25) is 10.0 Å². The minimum atomic E-state index is -3.69. The largest absolute Gasteiger partial charge is 0.496 e. The number of halogens is 1. The highest BCUT2D eigenvalue weighted by Gasteiger charge is 2.38. The highest BCUT2D eigenvalue weighted by atomic mass is 32.2. The molecular weight excluding hydrogens is 337 g/mol. The fourth-order valence-electron chi connectivity index (χ4n) is 2.56. The Labute approximate surface area is 139 Å². The molecule has 0 aliphatic carbocycles. The molecule has 0 spiro atoms. The van der Waals surface area contributed by atoms with Crippen LogP contribution in [0.3, 0.4) is 0 Å². The highest BCUT2D eigenvalue weighted by molar-refractivity contribution is 8.01. The molecule has 0 N–H and O–H groups in total. The topological polar surface area (TPSA) is 46.6 Å². The van der Waals surface area contributed by atoms with Gasteiger partial charge >= 0.3 is 0 Å². The zero-order valence-electron chi connectivity index (χ0n) is 12.5. The molecule has 0 bridgehead atoms. The molecule has 1 heterocycles. The van der Waals surface area contributed by atoms with E-state index in [1.807, 2.05) is 24.3 Å². The Balaban J connectivity index is 1.99. The minimum Gasteiger partial charge on any atom is -0.496 e. The number of benzene rings is 2. The van der Waals surface area contributed by atoms with Gasteiger partial charge in [-0.05, 0) is 30.3 Å². The molecule has 0 aromatic heterocycles. The van der Waals surface area contributed by atoms with Gasteiger partial charge in [-0.3, -0.25) is 0 Å². The van der Waals surface area contributed by atoms with Crippen molar-refractivity contribution in [3.05, 3.63) is 59.9 Å². The molecular formula is C16H16FNO3S2. The Bertz CT molecular complexity index is 793. The van der Waals surface area contributed by atoms with Crippen LogP contribution in [0.5, 0.6) is 5.75 Å². The van der Waals surface area contributed by atoms with Crippen LogP contribution in [0.15, 0.2) is 53.4 Å².